The van der Waals surface area contributed by atoms with Crippen LogP contribution in [0.25, 0.3) is 11.0 Å². The number of benzene rings is 1. The summed E-state index contributed by atoms with van der Waals surface area (Å²) in [6.45, 7) is 1.06. The van der Waals surface area contributed by atoms with Crippen molar-refractivity contribution in [2.45, 2.75) is 35.2 Å². The van der Waals surface area contributed by atoms with Gasteiger partial charge in [-0.3, -0.25) is 0 Å². The average Bonchev–Trinajstić information content (AvgIpc) is 3.05. The Morgan fingerprint density at radius 1 is 1.22 bits per heavy atom. The summed E-state index contributed by atoms with van der Waals surface area (Å²) in [5.41, 5.74) is 6.58. The molecule has 0 saturated carbocycles. The molecule has 1 unspecified atom stereocenters. The highest BCUT2D eigenvalue weighted by atomic mass is 32.2. The molecule has 3 aromatic rings. The van der Waals surface area contributed by atoms with Crippen LogP contribution in [0, 0.1) is 0 Å². The van der Waals surface area contributed by atoms with Crippen LogP contribution < -0.4 is 10.5 Å². The minimum Gasteiger partial charge on any atom is -0.473 e. The molecule has 1 aliphatic rings. The number of hydrogen-bond donors (Lipinski definition) is 2. The molecule has 9 heteroatoms. The van der Waals surface area contributed by atoms with E-state index in [4.69, 9.17) is 15.2 Å². The van der Waals surface area contributed by atoms with Crippen LogP contribution in [0.4, 0.5) is 5.82 Å². The summed E-state index contributed by atoms with van der Waals surface area (Å²) in [7, 11) is -3.83. The number of H-pyrrole nitrogens is 1. The van der Waals surface area contributed by atoms with Gasteiger partial charge in [0.1, 0.15) is 34.7 Å². The van der Waals surface area contributed by atoms with Crippen LogP contribution in [-0.2, 0) is 14.6 Å². The Hall–Kier alpha value is -2.65. The van der Waals surface area contributed by atoms with Crippen LogP contribution >= 0.6 is 0 Å². The van der Waals surface area contributed by atoms with E-state index in [0.29, 0.717) is 12.1 Å². The number of aromatic amines is 1. The highest BCUT2D eigenvalue weighted by Crippen LogP contribution is 2.34. The maximum Gasteiger partial charge on any atom is 0.241 e. The largest absolute Gasteiger partial charge is 0.473 e. The Morgan fingerprint density at radius 3 is 2.78 bits per heavy atom. The van der Waals surface area contributed by atoms with Crippen molar-refractivity contribution in [3.8, 4) is 5.88 Å². The normalized spacial score (nSPS) is 17.9. The minimum atomic E-state index is -3.83. The summed E-state index contributed by atoms with van der Waals surface area (Å²) in [4.78, 5) is 11.2. The third-order valence-electron chi connectivity index (χ3n) is 4.53. The number of nitrogen functional groups attached to an aromatic ring is 1. The van der Waals surface area contributed by atoms with Crippen molar-refractivity contribution in [3.05, 3.63) is 36.7 Å². The third-order valence-corrected chi connectivity index (χ3v) is 6.38. The fourth-order valence-corrected chi connectivity index (χ4v) is 4.68. The molecule has 0 radical (unpaired) electrons. The summed E-state index contributed by atoms with van der Waals surface area (Å²) >= 11 is 0. The van der Waals surface area contributed by atoms with Gasteiger partial charge in [-0.1, -0.05) is 18.2 Å². The Labute approximate surface area is 156 Å². The number of hydrogen-bond acceptors (Lipinski definition) is 7. The van der Waals surface area contributed by atoms with Crippen LogP contribution in [0.3, 0.4) is 0 Å². The maximum atomic E-state index is 13.0. The molecular weight excluding hydrogens is 368 g/mol. The number of ether oxygens (including phenoxy) is 2. The third kappa shape index (κ3) is 3.35. The number of rotatable bonds is 5. The lowest BCUT2D eigenvalue weighted by Crippen LogP contribution is -2.26. The molecule has 4 rings (SSSR count). The van der Waals surface area contributed by atoms with Gasteiger partial charge >= 0.3 is 0 Å². The lowest BCUT2D eigenvalue weighted by atomic mass is 10.1. The van der Waals surface area contributed by atoms with Gasteiger partial charge in [-0.25, -0.2) is 13.4 Å². The first-order chi connectivity index (χ1) is 13.1. The molecule has 27 heavy (non-hydrogen) atoms. The number of aromatic nitrogens is 3. The molecular formula is C18H20N4O4S. The zero-order valence-corrected chi connectivity index (χ0v) is 15.4. The Balaban J connectivity index is 1.71. The lowest BCUT2D eigenvalue weighted by Gasteiger charge is -2.22. The monoisotopic (exact) mass is 388 g/mol. The summed E-state index contributed by atoms with van der Waals surface area (Å²) in [6.07, 6.45) is 4.36. The molecule has 3 N–H and O–H groups in total. The van der Waals surface area contributed by atoms with E-state index in [-0.39, 0.29) is 33.1 Å². The van der Waals surface area contributed by atoms with Crippen molar-refractivity contribution in [1.29, 1.82) is 0 Å². The van der Waals surface area contributed by atoms with Gasteiger partial charge in [0.25, 0.3) is 0 Å². The van der Waals surface area contributed by atoms with Crippen LogP contribution in [0.15, 0.2) is 46.5 Å². The first-order valence-corrected chi connectivity index (χ1v) is 10.2. The van der Waals surface area contributed by atoms with Crippen molar-refractivity contribution in [1.82, 2.24) is 15.0 Å². The van der Waals surface area contributed by atoms with Gasteiger partial charge < -0.3 is 20.2 Å². The quantitative estimate of drug-likeness (QED) is 0.688. The number of nitrogens with zero attached hydrogens (tertiary/aromatic N) is 2. The fourth-order valence-electron chi connectivity index (χ4n) is 3.18. The van der Waals surface area contributed by atoms with Gasteiger partial charge in [-0.2, -0.15) is 4.98 Å². The Bertz CT molecular complexity index is 1040. The fraction of sp³-hybridized carbons (Fsp3) is 0.333. The lowest BCUT2D eigenvalue weighted by molar-refractivity contribution is -0.0116. The number of anilines is 1. The van der Waals surface area contributed by atoms with Crippen molar-refractivity contribution in [2.75, 3.05) is 18.9 Å². The van der Waals surface area contributed by atoms with Crippen LogP contribution in [0.5, 0.6) is 5.88 Å². The van der Waals surface area contributed by atoms with Crippen molar-refractivity contribution in [3.63, 3.8) is 0 Å². The number of nitrogens with one attached hydrogen (secondary N) is 1. The zero-order chi connectivity index (χ0) is 18.9. The number of sulfone groups is 1. The molecule has 0 aliphatic carbocycles. The second kappa shape index (κ2) is 7.16. The highest BCUT2D eigenvalue weighted by molar-refractivity contribution is 7.92. The topological polar surface area (TPSA) is 120 Å². The van der Waals surface area contributed by atoms with Crippen molar-refractivity contribution >= 4 is 26.7 Å². The second-order valence-corrected chi connectivity index (χ2v) is 8.27. The summed E-state index contributed by atoms with van der Waals surface area (Å²) in [5, 5.41) is 0. The second-order valence-electron chi connectivity index (χ2n) is 6.39. The van der Waals surface area contributed by atoms with Gasteiger partial charge in [0.15, 0.2) is 0 Å². The van der Waals surface area contributed by atoms with E-state index in [1.807, 2.05) is 0 Å². The van der Waals surface area contributed by atoms with Crippen LogP contribution in [0.2, 0.25) is 0 Å². The molecule has 1 fully saturated rings. The molecule has 1 aromatic carbocycles. The highest BCUT2D eigenvalue weighted by Gasteiger charge is 2.28. The summed E-state index contributed by atoms with van der Waals surface area (Å²) in [6, 6.07) is 8.11. The molecule has 2 aromatic heterocycles. The smallest absolute Gasteiger partial charge is 0.241 e. The summed E-state index contributed by atoms with van der Waals surface area (Å²) in [5.74, 6) is 0.267. The van der Waals surface area contributed by atoms with Gasteiger partial charge in [0.2, 0.25) is 15.7 Å². The molecule has 142 valence electrons. The van der Waals surface area contributed by atoms with Gasteiger partial charge in [-0.15, -0.1) is 0 Å². The van der Waals surface area contributed by atoms with Gasteiger partial charge in [0.05, 0.1) is 11.0 Å². The van der Waals surface area contributed by atoms with Gasteiger partial charge in [0, 0.05) is 6.61 Å². The van der Waals surface area contributed by atoms with E-state index in [1.54, 1.807) is 18.2 Å². The Morgan fingerprint density at radius 2 is 2.04 bits per heavy atom. The molecule has 0 bridgehead atoms. The van der Waals surface area contributed by atoms with Crippen LogP contribution in [0.1, 0.15) is 19.3 Å². The van der Waals surface area contributed by atoms with Crippen molar-refractivity contribution < 1.29 is 17.9 Å². The average molecular weight is 388 g/mol. The van der Waals surface area contributed by atoms with E-state index in [1.165, 1.54) is 18.5 Å². The molecule has 8 nitrogen and oxygen atoms in total. The number of fused-ring (bicyclic) bond motifs is 1. The SMILES string of the molecule is Nc1[nH]c2c(OCC3CCCCO3)ncnc2c1S(=O)(=O)c1ccccc1. The summed E-state index contributed by atoms with van der Waals surface area (Å²) < 4.78 is 37.5. The molecule has 1 saturated heterocycles. The standard InChI is InChI=1S/C18H20N4O4S/c19-17-16(27(23,24)13-7-2-1-3-8-13)14-15(22-17)18(21-11-20-14)26-10-12-6-4-5-9-25-12/h1-3,7-8,11-12,22H,4-6,9-10,19H2. The molecule has 0 spiro atoms. The number of nitrogens with two attached hydrogens (primary N) is 1. The van der Waals surface area contributed by atoms with E-state index >= 15 is 0 Å². The molecule has 3 heterocycles. The Kier molecular flexibility index (Phi) is 4.71. The predicted octanol–water partition coefficient (Wildman–Crippen LogP) is 2.32. The van der Waals surface area contributed by atoms with Crippen molar-refractivity contribution in [2.24, 2.45) is 0 Å². The first kappa shape index (κ1) is 17.7. The zero-order valence-electron chi connectivity index (χ0n) is 14.6. The van der Waals surface area contributed by atoms with Crippen LogP contribution in [-0.4, -0.2) is 42.7 Å². The van der Waals surface area contributed by atoms with E-state index < -0.39 is 9.84 Å². The van der Waals surface area contributed by atoms with E-state index in [0.717, 1.165) is 25.9 Å². The van der Waals surface area contributed by atoms with E-state index in [2.05, 4.69) is 15.0 Å². The first-order valence-electron chi connectivity index (χ1n) is 8.74. The van der Waals surface area contributed by atoms with E-state index in [9.17, 15) is 8.42 Å². The molecule has 1 atom stereocenters. The molecule has 0 amide bonds. The molecule has 1 aliphatic heterocycles. The predicted molar refractivity (Wildman–Crippen MR) is 99.3 cm³/mol. The van der Waals surface area contributed by atoms with Gasteiger partial charge in [-0.05, 0) is 31.4 Å². The minimum absolute atomic E-state index is 0.00333. The maximum absolute atomic E-state index is 13.0.